The van der Waals surface area contributed by atoms with E-state index in [-0.39, 0.29) is 17.5 Å². The molecular formula is C22H25N3O4S. The van der Waals surface area contributed by atoms with E-state index in [1.54, 1.807) is 36.2 Å². The molecule has 0 bridgehead atoms. The van der Waals surface area contributed by atoms with Crippen LogP contribution in [0, 0.1) is 6.92 Å². The van der Waals surface area contributed by atoms with Crippen molar-refractivity contribution in [3.05, 3.63) is 45.3 Å². The van der Waals surface area contributed by atoms with Crippen molar-refractivity contribution >= 4 is 33.1 Å². The topological polar surface area (TPSA) is 82.5 Å². The molecular weight excluding hydrogens is 402 g/mol. The molecule has 158 valence electrons. The van der Waals surface area contributed by atoms with Gasteiger partial charge in [0.1, 0.15) is 21.7 Å². The number of aromatic nitrogens is 2. The van der Waals surface area contributed by atoms with E-state index in [0.717, 1.165) is 30.6 Å². The molecule has 1 aliphatic rings. The Kier molecular flexibility index (Phi) is 5.76. The van der Waals surface area contributed by atoms with Gasteiger partial charge >= 0.3 is 0 Å². The molecule has 2 aromatic heterocycles. The molecule has 0 radical (unpaired) electrons. The molecule has 8 heteroatoms. The van der Waals surface area contributed by atoms with E-state index in [2.05, 4.69) is 10.3 Å². The number of carbonyl (C=O) groups excluding carboxylic acids is 1. The predicted molar refractivity (Wildman–Crippen MR) is 118 cm³/mol. The van der Waals surface area contributed by atoms with Crippen LogP contribution in [-0.4, -0.2) is 29.7 Å². The Morgan fingerprint density at radius 2 is 1.97 bits per heavy atom. The molecule has 1 aliphatic carbocycles. The first-order valence-electron chi connectivity index (χ1n) is 10.1. The summed E-state index contributed by atoms with van der Waals surface area (Å²) in [5, 5.41) is 2.88. The van der Waals surface area contributed by atoms with Gasteiger partial charge in [-0.05, 0) is 31.9 Å². The molecule has 30 heavy (non-hydrogen) atoms. The van der Waals surface area contributed by atoms with E-state index >= 15 is 0 Å². The fourth-order valence-corrected chi connectivity index (χ4v) is 5.11. The average molecular weight is 428 g/mol. The number of carbonyl (C=O) groups is 1. The summed E-state index contributed by atoms with van der Waals surface area (Å²) in [6.45, 7) is 1.84. The maximum Gasteiger partial charge on any atom is 0.271 e. The molecule has 2 heterocycles. The number of benzene rings is 1. The number of rotatable bonds is 5. The standard InChI is InChI=1S/C22H25N3O4S/c1-13-18(21(26)24-16-10-9-15(28-2)11-17(16)29-3)19-20(30-13)22(27)25(12-23-19)14-7-5-4-6-8-14/h9-12,14H,4-8H2,1-3H3,(H,24,26). The molecule has 1 saturated carbocycles. The lowest BCUT2D eigenvalue weighted by Crippen LogP contribution is -2.26. The summed E-state index contributed by atoms with van der Waals surface area (Å²) >= 11 is 1.33. The third-order valence-corrected chi connectivity index (χ3v) is 6.73. The van der Waals surface area contributed by atoms with Crippen molar-refractivity contribution in [1.29, 1.82) is 0 Å². The summed E-state index contributed by atoms with van der Waals surface area (Å²) in [5.41, 5.74) is 1.36. The number of nitrogens with one attached hydrogen (secondary N) is 1. The van der Waals surface area contributed by atoms with Gasteiger partial charge in [0.05, 0.1) is 31.8 Å². The maximum absolute atomic E-state index is 13.1. The van der Waals surface area contributed by atoms with Crippen LogP contribution in [0.25, 0.3) is 10.2 Å². The highest BCUT2D eigenvalue weighted by Crippen LogP contribution is 2.33. The van der Waals surface area contributed by atoms with Gasteiger partial charge in [0.2, 0.25) is 0 Å². The lowest BCUT2D eigenvalue weighted by Gasteiger charge is -2.23. The predicted octanol–water partition coefficient (Wildman–Crippen LogP) is 4.54. The fraction of sp³-hybridized carbons (Fsp3) is 0.409. The van der Waals surface area contributed by atoms with Crippen LogP contribution >= 0.6 is 11.3 Å². The fourth-order valence-electron chi connectivity index (χ4n) is 4.06. The van der Waals surface area contributed by atoms with Gasteiger partial charge in [0.15, 0.2) is 0 Å². The van der Waals surface area contributed by atoms with E-state index in [0.29, 0.717) is 33.0 Å². The highest BCUT2D eigenvalue weighted by atomic mass is 32.1. The third-order valence-electron chi connectivity index (χ3n) is 5.65. The van der Waals surface area contributed by atoms with Crippen molar-refractivity contribution in [3.8, 4) is 11.5 Å². The SMILES string of the molecule is COc1ccc(NC(=O)c2c(C)sc3c(=O)n(C4CCCCC4)cnc23)c(OC)c1. The lowest BCUT2D eigenvalue weighted by molar-refractivity contribution is 0.102. The normalized spacial score (nSPS) is 14.6. The first-order chi connectivity index (χ1) is 14.5. The van der Waals surface area contributed by atoms with Crippen LogP contribution in [0.3, 0.4) is 0 Å². The van der Waals surface area contributed by atoms with Crippen LogP contribution in [-0.2, 0) is 0 Å². The highest BCUT2D eigenvalue weighted by Gasteiger charge is 2.24. The van der Waals surface area contributed by atoms with Crippen LogP contribution in [0.4, 0.5) is 5.69 Å². The zero-order chi connectivity index (χ0) is 21.3. The number of ether oxygens (including phenoxy) is 2. The Labute approximate surface area is 178 Å². The van der Waals surface area contributed by atoms with Crippen LogP contribution in [0.5, 0.6) is 11.5 Å². The Morgan fingerprint density at radius 3 is 2.67 bits per heavy atom. The van der Waals surface area contributed by atoms with Gasteiger partial charge in [-0.25, -0.2) is 4.98 Å². The van der Waals surface area contributed by atoms with Crippen molar-refractivity contribution in [2.75, 3.05) is 19.5 Å². The monoisotopic (exact) mass is 427 g/mol. The lowest BCUT2D eigenvalue weighted by atomic mass is 9.95. The van der Waals surface area contributed by atoms with Crippen molar-refractivity contribution in [2.24, 2.45) is 0 Å². The molecule has 1 N–H and O–H groups in total. The van der Waals surface area contributed by atoms with E-state index in [9.17, 15) is 9.59 Å². The van der Waals surface area contributed by atoms with Crippen molar-refractivity contribution in [3.63, 3.8) is 0 Å². The second-order valence-corrected chi connectivity index (χ2v) is 8.70. The molecule has 0 atom stereocenters. The maximum atomic E-state index is 13.1. The molecule has 1 fully saturated rings. The summed E-state index contributed by atoms with van der Waals surface area (Å²) in [6.07, 6.45) is 7.10. The van der Waals surface area contributed by atoms with Crippen molar-refractivity contribution in [2.45, 2.75) is 45.1 Å². The minimum absolute atomic E-state index is 0.0546. The Morgan fingerprint density at radius 1 is 1.20 bits per heavy atom. The molecule has 3 aromatic rings. The molecule has 1 amide bonds. The number of anilines is 1. The molecule has 1 aromatic carbocycles. The number of fused-ring (bicyclic) bond motifs is 1. The summed E-state index contributed by atoms with van der Waals surface area (Å²) in [4.78, 5) is 31.5. The zero-order valence-electron chi connectivity index (χ0n) is 17.4. The van der Waals surface area contributed by atoms with Gasteiger partial charge < -0.3 is 14.8 Å². The van der Waals surface area contributed by atoms with Crippen molar-refractivity contribution in [1.82, 2.24) is 9.55 Å². The summed E-state index contributed by atoms with van der Waals surface area (Å²) in [6, 6.07) is 5.38. The quantitative estimate of drug-likeness (QED) is 0.646. The van der Waals surface area contributed by atoms with E-state index < -0.39 is 0 Å². The van der Waals surface area contributed by atoms with Gasteiger partial charge in [-0.15, -0.1) is 11.3 Å². The molecule has 0 spiro atoms. The second kappa shape index (κ2) is 8.47. The Balaban J connectivity index is 1.69. The smallest absolute Gasteiger partial charge is 0.271 e. The highest BCUT2D eigenvalue weighted by molar-refractivity contribution is 7.19. The molecule has 0 unspecified atom stereocenters. The van der Waals surface area contributed by atoms with Crippen LogP contribution in [0.1, 0.15) is 53.4 Å². The number of methoxy groups -OCH3 is 2. The minimum Gasteiger partial charge on any atom is -0.497 e. The number of thiophene rings is 1. The Bertz CT molecular complexity index is 1150. The first kappa shape index (κ1) is 20.4. The van der Waals surface area contributed by atoms with Gasteiger partial charge in [-0.1, -0.05) is 19.3 Å². The van der Waals surface area contributed by atoms with Crippen LogP contribution < -0.4 is 20.3 Å². The average Bonchev–Trinajstić information content (AvgIpc) is 3.11. The van der Waals surface area contributed by atoms with E-state index in [1.165, 1.54) is 24.9 Å². The number of nitrogens with zero attached hydrogens (tertiary/aromatic N) is 2. The van der Waals surface area contributed by atoms with Crippen molar-refractivity contribution < 1.29 is 14.3 Å². The molecule has 0 saturated heterocycles. The van der Waals surface area contributed by atoms with E-state index in [4.69, 9.17) is 9.47 Å². The number of aryl methyl sites for hydroxylation is 1. The first-order valence-corrected chi connectivity index (χ1v) is 10.9. The number of hydrogen-bond donors (Lipinski definition) is 1. The molecule has 0 aliphatic heterocycles. The summed E-state index contributed by atoms with van der Waals surface area (Å²) < 4.78 is 12.9. The number of hydrogen-bond acceptors (Lipinski definition) is 6. The van der Waals surface area contributed by atoms with Crippen LogP contribution in [0.15, 0.2) is 29.3 Å². The molecule has 4 rings (SSSR count). The van der Waals surface area contributed by atoms with Gasteiger partial charge in [0.25, 0.3) is 11.5 Å². The minimum atomic E-state index is -0.315. The van der Waals surface area contributed by atoms with Gasteiger partial charge in [-0.2, -0.15) is 0 Å². The van der Waals surface area contributed by atoms with E-state index in [1.807, 2.05) is 6.92 Å². The van der Waals surface area contributed by atoms with Gasteiger partial charge in [0, 0.05) is 17.0 Å². The zero-order valence-corrected chi connectivity index (χ0v) is 18.2. The van der Waals surface area contributed by atoms with Gasteiger partial charge in [-0.3, -0.25) is 14.2 Å². The molecule has 7 nitrogen and oxygen atoms in total. The largest absolute Gasteiger partial charge is 0.497 e. The van der Waals surface area contributed by atoms with Crippen LogP contribution in [0.2, 0.25) is 0 Å². The Hall–Kier alpha value is -2.87. The second-order valence-electron chi connectivity index (χ2n) is 7.48. The third kappa shape index (κ3) is 3.67. The number of amides is 1. The summed E-state index contributed by atoms with van der Waals surface area (Å²) in [5.74, 6) is 0.809. The summed E-state index contributed by atoms with van der Waals surface area (Å²) in [7, 11) is 3.10.